The van der Waals surface area contributed by atoms with Crippen molar-refractivity contribution in [3.8, 4) is 0 Å². The van der Waals surface area contributed by atoms with Gasteiger partial charge in [0.05, 0.1) is 0 Å². The molecule has 94 valence electrons. The standard InChI is InChI=1S/C14H20FNO/c1-3-14(4-2,10-16)13(17)9-11-5-7-12(15)8-6-11/h5-8H,3-4,9-10,16H2,1-2H3. The highest BCUT2D eigenvalue weighted by molar-refractivity contribution is 5.87. The molecule has 0 bridgehead atoms. The number of halogens is 1. The topological polar surface area (TPSA) is 43.1 Å². The second-order valence-corrected chi connectivity index (χ2v) is 4.42. The van der Waals surface area contributed by atoms with Crippen molar-refractivity contribution >= 4 is 5.78 Å². The zero-order valence-corrected chi connectivity index (χ0v) is 10.5. The monoisotopic (exact) mass is 237 g/mol. The molecule has 17 heavy (non-hydrogen) atoms. The number of benzene rings is 1. The van der Waals surface area contributed by atoms with Crippen LogP contribution < -0.4 is 5.73 Å². The van der Waals surface area contributed by atoms with E-state index in [0.29, 0.717) is 13.0 Å². The molecule has 0 saturated heterocycles. The lowest BCUT2D eigenvalue weighted by atomic mass is 9.76. The first-order valence-electron chi connectivity index (χ1n) is 6.05. The Kier molecular flexibility index (Phi) is 4.82. The molecular formula is C14H20FNO. The summed E-state index contributed by atoms with van der Waals surface area (Å²) >= 11 is 0. The van der Waals surface area contributed by atoms with Gasteiger partial charge in [-0.15, -0.1) is 0 Å². The van der Waals surface area contributed by atoms with Crippen LogP contribution in [0.25, 0.3) is 0 Å². The van der Waals surface area contributed by atoms with Gasteiger partial charge in [-0.05, 0) is 30.5 Å². The second kappa shape index (κ2) is 5.92. The summed E-state index contributed by atoms with van der Waals surface area (Å²) in [5.41, 5.74) is 6.15. The molecule has 1 aromatic rings. The van der Waals surface area contributed by atoms with Crippen LogP contribution in [-0.4, -0.2) is 12.3 Å². The highest BCUT2D eigenvalue weighted by atomic mass is 19.1. The van der Waals surface area contributed by atoms with Crippen molar-refractivity contribution in [1.29, 1.82) is 0 Å². The minimum atomic E-state index is -0.422. The molecule has 1 aromatic carbocycles. The fourth-order valence-corrected chi connectivity index (χ4v) is 2.02. The first-order valence-corrected chi connectivity index (χ1v) is 6.05. The van der Waals surface area contributed by atoms with E-state index in [0.717, 1.165) is 18.4 Å². The Labute approximate surface area is 102 Å². The van der Waals surface area contributed by atoms with Crippen LogP contribution in [-0.2, 0) is 11.2 Å². The lowest BCUT2D eigenvalue weighted by molar-refractivity contribution is -0.128. The summed E-state index contributed by atoms with van der Waals surface area (Å²) in [5.74, 6) is -0.131. The summed E-state index contributed by atoms with van der Waals surface area (Å²) in [6, 6.07) is 6.06. The Morgan fingerprint density at radius 3 is 2.18 bits per heavy atom. The smallest absolute Gasteiger partial charge is 0.144 e. The molecule has 0 unspecified atom stereocenters. The van der Waals surface area contributed by atoms with Crippen molar-refractivity contribution in [2.45, 2.75) is 33.1 Å². The highest BCUT2D eigenvalue weighted by Crippen LogP contribution is 2.27. The number of nitrogens with two attached hydrogens (primary N) is 1. The van der Waals surface area contributed by atoms with E-state index in [-0.39, 0.29) is 11.6 Å². The molecule has 0 radical (unpaired) electrons. The molecule has 0 saturated carbocycles. The van der Waals surface area contributed by atoms with Crippen LogP contribution >= 0.6 is 0 Å². The first kappa shape index (κ1) is 13.8. The minimum Gasteiger partial charge on any atom is -0.329 e. The molecule has 0 heterocycles. The number of hydrogen-bond acceptors (Lipinski definition) is 2. The van der Waals surface area contributed by atoms with Crippen molar-refractivity contribution in [2.75, 3.05) is 6.54 Å². The van der Waals surface area contributed by atoms with Crippen LogP contribution in [0.1, 0.15) is 32.3 Å². The van der Waals surface area contributed by atoms with Gasteiger partial charge >= 0.3 is 0 Å². The number of rotatable bonds is 6. The van der Waals surface area contributed by atoms with Gasteiger partial charge in [0.25, 0.3) is 0 Å². The third kappa shape index (κ3) is 3.13. The largest absolute Gasteiger partial charge is 0.329 e. The van der Waals surface area contributed by atoms with Crippen molar-refractivity contribution in [3.05, 3.63) is 35.6 Å². The molecule has 0 aliphatic heterocycles. The van der Waals surface area contributed by atoms with Crippen LogP contribution in [0.3, 0.4) is 0 Å². The predicted octanol–water partition coefficient (Wildman–Crippen LogP) is 2.70. The van der Waals surface area contributed by atoms with Crippen LogP contribution in [0.2, 0.25) is 0 Å². The Morgan fingerprint density at radius 2 is 1.76 bits per heavy atom. The Morgan fingerprint density at radius 1 is 1.24 bits per heavy atom. The molecule has 0 aromatic heterocycles. The van der Waals surface area contributed by atoms with Crippen molar-refractivity contribution in [2.24, 2.45) is 11.1 Å². The Bertz CT molecular complexity index is 360. The summed E-state index contributed by atoms with van der Waals surface area (Å²) in [6.45, 7) is 4.35. The van der Waals surface area contributed by atoms with Gasteiger partial charge in [0.1, 0.15) is 11.6 Å². The van der Waals surface area contributed by atoms with Gasteiger partial charge < -0.3 is 5.73 Å². The average Bonchev–Trinajstić information content (AvgIpc) is 2.35. The Hall–Kier alpha value is -1.22. The molecule has 0 aliphatic carbocycles. The molecule has 1 rings (SSSR count). The van der Waals surface area contributed by atoms with Gasteiger partial charge in [0.2, 0.25) is 0 Å². The number of Topliss-reactive ketones (excluding diaryl/α,β-unsaturated/α-hetero) is 1. The fourth-order valence-electron chi connectivity index (χ4n) is 2.02. The molecule has 0 spiro atoms. The third-order valence-corrected chi connectivity index (χ3v) is 3.61. The van der Waals surface area contributed by atoms with E-state index < -0.39 is 5.41 Å². The minimum absolute atomic E-state index is 0.150. The quantitative estimate of drug-likeness (QED) is 0.826. The maximum atomic E-state index is 12.8. The van der Waals surface area contributed by atoms with Crippen molar-refractivity contribution in [3.63, 3.8) is 0 Å². The fraction of sp³-hybridized carbons (Fsp3) is 0.500. The summed E-state index contributed by atoms with van der Waals surface area (Å²) in [5, 5.41) is 0. The van der Waals surface area contributed by atoms with Crippen molar-refractivity contribution in [1.82, 2.24) is 0 Å². The second-order valence-electron chi connectivity index (χ2n) is 4.42. The Balaban J connectivity index is 2.80. The van der Waals surface area contributed by atoms with E-state index in [9.17, 15) is 9.18 Å². The van der Waals surface area contributed by atoms with E-state index in [1.54, 1.807) is 12.1 Å². The molecular weight excluding hydrogens is 217 g/mol. The first-order chi connectivity index (χ1) is 8.07. The predicted molar refractivity (Wildman–Crippen MR) is 67.2 cm³/mol. The van der Waals surface area contributed by atoms with Crippen LogP contribution in [0.5, 0.6) is 0 Å². The third-order valence-electron chi connectivity index (χ3n) is 3.61. The number of ketones is 1. The molecule has 2 nitrogen and oxygen atoms in total. The maximum absolute atomic E-state index is 12.8. The van der Waals surface area contributed by atoms with Gasteiger partial charge in [-0.25, -0.2) is 4.39 Å². The normalized spacial score (nSPS) is 11.5. The summed E-state index contributed by atoms with van der Waals surface area (Å²) in [7, 11) is 0. The molecule has 3 heteroatoms. The molecule has 0 amide bonds. The van der Waals surface area contributed by atoms with Gasteiger partial charge in [-0.3, -0.25) is 4.79 Å². The van der Waals surface area contributed by atoms with E-state index in [1.807, 2.05) is 13.8 Å². The molecule has 0 atom stereocenters. The number of hydrogen-bond donors (Lipinski definition) is 1. The number of carbonyl (C=O) groups excluding carboxylic acids is 1. The van der Waals surface area contributed by atoms with E-state index >= 15 is 0 Å². The zero-order chi connectivity index (χ0) is 12.9. The van der Waals surface area contributed by atoms with Gasteiger partial charge in [-0.2, -0.15) is 0 Å². The molecule has 0 fully saturated rings. The van der Waals surface area contributed by atoms with Crippen LogP contribution in [0.15, 0.2) is 24.3 Å². The molecule has 0 aliphatic rings. The maximum Gasteiger partial charge on any atom is 0.144 e. The van der Waals surface area contributed by atoms with Gasteiger partial charge in [0, 0.05) is 18.4 Å². The summed E-state index contributed by atoms with van der Waals surface area (Å²) < 4.78 is 12.8. The van der Waals surface area contributed by atoms with Crippen LogP contribution in [0, 0.1) is 11.2 Å². The zero-order valence-electron chi connectivity index (χ0n) is 10.5. The number of carbonyl (C=O) groups is 1. The van der Waals surface area contributed by atoms with Gasteiger partial charge in [0.15, 0.2) is 0 Å². The van der Waals surface area contributed by atoms with Gasteiger partial charge in [-0.1, -0.05) is 26.0 Å². The average molecular weight is 237 g/mol. The highest BCUT2D eigenvalue weighted by Gasteiger charge is 2.32. The lowest BCUT2D eigenvalue weighted by Crippen LogP contribution is -2.38. The van der Waals surface area contributed by atoms with E-state index in [1.165, 1.54) is 12.1 Å². The lowest BCUT2D eigenvalue weighted by Gasteiger charge is -2.28. The summed E-state index contributed by atoms with van der Waals surface area (Å²) in [6.07, 6.45) is 1.83. The SMILES string of the molecule is CCC(CC)(CN)C(=O)Cc1ccc(F)cc1. The van der Waals surface area contributed by atoms with E-state index in [2.05, 4.69) is 0 Å². The van der Waals surface area contributed by atoms with E-state index in [4.69, 9.17) is 5.73 Å². The van der Waals surface area contributed by atoms with Crippen LogP contribution in [0.4, 0.5) is 4.39 Å². The van der Waals surface area contributed by atoms with Crippen molar-refractivity contribution < 1.29 is 9.18 Å². The summed E-state index contributed by atoms with van der Waals surface area (Å²) in [4.78, 5) is 12.2. The molecule has 2 N–H and O–H groups in total.